The summed E-state index contributed by atoms with van der Waals surface area (Å²) in [5.74, 6) is 0.461. The van der Waals surface area contributed by atoms with Gasteiger partial charge in [-0.25, -0.2) is 13.6 Å². The van der Waals surface area contributed by atoms with E-state index >= 15 is 0 Å². The molecular formula is C11H16N2O3S2. The lowest BCUT2D eigenvalue weighted by Crippen LogP contribution is -2.28. The van der Waals surface area contributed by atoms with Crippen molar-refractivity contribution in [2.24, 2.45) is 11.1 Å². The molecule has 2 heterocycles. The van der Waals surface area contributed by atoms with E-state index in [2.05, 4.69) is 6.92 Å². The Morgan fingerprint density at radius 1 is 1.61 bits per heavy atom. The van der Waals surface area contributed by atoms with Gasteiger partial charge in [0.25, 0.3) is 5.91 Å². The molecule has 0 aromatic carbocycles. The second-order valence-electron chi connectivity index (χ2n) is 4.51. The molecule has 2 N–H and O–H groups in total. The number of rotatable bonds is 3. The average molecular weight is 288 g/mol. The summed E-state index contributed by atoms with van der Waals surface area (Å²) in [5, 5.41) is 6.58. The number of likely N-dealkylation sites (tertiary alicyclic amines) is 1. The molecule has 0 saturated carbocycles. The Balaban J connectivity index is 2.13. The average Bonchev–Trinajstić information content (AvgIpc) is 2.96. The maximum Gasteiger partial charge on any atom is 0.254 e. The molecule has 0 radical (unpaired) electrons. The van der Waals surface area contributed by atoms with Crippen molar-refractivity contribution in [3.8, 4) is 0 Å². The van der Waals surface area contributed by atoms with Crippen molar-refractivity contribution >= 4 is 27.3 Å². The van der Waals surface area contributed by atoms with Gasteiger partial charge in [-0.05, 0) is 18.4 Å². The summed E-state index contributed by atoms with van der Waals surface area (Å²) in [4.78, 5) is 13.9. The predicted octanol–water partition coefficient (Wildman–Crippen LogP) is 1.27. The summed E-state index contributed by atoms with van der Waals surface area (Å²) >= 11 is 0.990. The maximum atomic E-state index is 12.1. The molecule has 5 nitrogen and oxygen atoms in total. The van der Waals surface area contributed by atoms with Gasteiger partial charge in [0.05, 0.1) is 5.56 Å². The molecule has 1 fully saturated rings. The SMILES string of the molecule is CCC1CCN(C(=O)c2csc(S(N)(=O)=O)c2)C1. The van der Waals surface area contributed by atoms with Crippen LogP contribution in [-0.4, -0.2) is 32.3 Å². The Labute approximate surface area is 111 Å². The number of carbonyl (C=O) groups excluding carboxylic acids is 1. The van der Waals surface area contributed by atoms with Gasteiger partial charge in [-0.15, -0.1) is 11.3 Å². The predicted molar refractivity (Wildman–Crippen MR) is 70.0 cm³/mol. The highest BCUT2D eigenvalue weighted by Gasteiger charge is 2.27. The largest absolute Gasteiger partial charge is 0.338 e. The van der Waals surface area contributed by atoms with Gasteiger partial charge in [-0.2, -0.15) is 0 Å². The van der Waals surface area contributed by atoms with Crippen LogP contribution in [0.4, 0.5) is 0 Å². The third kappa shape index (κ3) is 2.73. The van der Waals surface area contributed by atoms with Gasteiger partial charge in [0.1, 0.15) is 4.21 Å². The zero-order valence-electron chi connectivity index (χ0n) is 10.1. The fourth-order valence-corrected chi connectivity index (χ4v) is 3.69. The molecule has 100 valence electrons. The molecule has 0 aliphatic carbocycles. The molecule has 0 bridgehead atoms. The van der Waals surface area contributed by atoms with Gasteiger partial charge in [0.2, 0.25) is 10.0 Å². The molecule has 1 amide bonds. The molecule has 18 heavy (non-hydrogen) atoms. The van der Waals surface area contributed by atoms with Gasteiger partial charge in [0, 0.05) is 18.5 Å². The zero-order chi connectivity index (χ0) is 13.3. The number of hydrogen-bond acceptors (Lipinski definition) is 4. The summed E-state index contributed by atoms with van der Waals surface area (Å²) in [6, 6.07) is 1.36. The molecule has 1 aromatic rings. The van der Waals surface area contributed by atoms with Crippen molar-refractivity contribution in [3.63, 3.8) is 0 Å². The van der Waals surface area contributed by atoms with Gasteiger partial charge < -0.3 is 4.90 Å². The van der Waals surface area contributed by atoms with Crippen molar-refractivity contribution in [1.29, 1.82) is 0 Å². The van der Waals surface area contributed by atoms with Crippen LogP contribution in [0.3, 0.4) is 0 Å². The van der Waals surface area contributed by atoms with Crippen molar-refractivity contribution < 1.29 is 13.2 Å². The van der Waals surface area contributed by atoms with Crippen LogP contribution in [0.5, 0.6) is 0 Å². The van der Waals surface area contributed by atoms with Crippen molar-refractivity contribution in [2.45, 2.75) is 24.0 Å². The highest BCUT2D eigenvalue weighted by Crippen LogP contribution is 2.24. The minimum absolute atomic E-state index is 0.0390. The van der Waals surface area contributed by atoms with E-state index in [1.54, 1.807) is 10.3 Å². The highest BCUT2D eigenvalue weighted by atomic mass is 32.2. The lowest BCUT2D eigenvalue weighted by molar-refractivity contribution is 0.0787. The maximum absolute atomic E-state index is 12.1. The summed E-state index contributed by atoms with van der Waals surface area (Å²) in [7, 11) is -3.71. The molecule has 2 rings (SSSR count). The lowest BCUT2D eigenvalue weighted by atomic mass is 10.1. The van der Waals surface area contributed by atoms with Crippen molar-refractivity contribution in [3.05, 3.63) is 17.0 Å². The molecule has 7 heteroatoms. The van der Waals surface area contributed by atoms with Gasteiger partial charge >= 0.3 is 0 Å². The number of thiophene rings is 1. The van der Waals surface area contributed by atoms with E-state index in [0.717, 1.165) is 37.3 Å². The summed E-state index contributed by atoms with van der Waals surface area (Å²) in [6.45, 7) is 3.62. The van der Waals surface area contributed by atoms with E-state index < -0.39 is 10.0 Å². The molecule has 0 spiro atoms. The first-order valence-corrected chi connectivity index (χ1v) is 8.25. The fraction of sp³-hybridized carbons (Fsp3) is 0.545. The summed E-state index contributed by atoms with van der Waals surface area (Å²) in [5.41, 5.74) is 0.417. The molecule has 1 unspecified atom stereocenters. The molecule has 1 saturated heterocycles. The first kappa shape index (κ1) is 13.5. The van der Waals surface area contributed by atoms with Crippen molar-refractivity contribution in [2.75, 3.05) is 13.1 Å². The first-order chi connectivity index (χ1) is 8.41. The summed E-state index contributed by atoms with van der Waals surface area (Å²) in [6.07, 6.45) is 2.09. The van der Waals surface area contributed by atoms with E-state index in [4.69, 9.17) is 5.14 Å². The lowest BCUT2D eigenvalue weighted by Gasteiger charge is -2.15. The van der Waals surface area contributed by atoms with Crippen LogP contribution in [0.15, 0.2) is 15.7 Å². The van der Waals surface area contributed by atoms with Crippen LogP contribution in [-0.2, 0) is 10.0 Å². The zero-order valence-corrected chi connectivity index (χ0v) is 11.8. The number of hydrogen-bond donors (Lipinski definition) is 1. The standard InChI is InChI=1S/C11H16N2O3S2/c1-2-8-3-4-13(6-8)11(14)9-5-10(17-7-9)18(12,15)16/h5,7-8H,2-4,6H2,1H3,(H2,12,15,16). The van der Waals surface area contributed by atoms with Crippen molar-refractivity contribution in [1.82, 2.24) is 4.90 Å². The van der Waals surface area contributed by atoms with Crippen LogP contribution in [0.25, 0.3) is 0 Å². The topological polar surface area (TPSA) is 80.5 Å². The van der Waals surface area contributed by atoms with E-state index in [0.29, 0.717) is 11.5 Å². The number of amides is 1. The third-order valence-corrected chi connectivity index (χ3v) is 5.64. The summed E-state index contributed by atoms with van der Waals surface area (Å²) < 4.78 is 22.3. The Morgan fingerprint density at radius 2 is 2.33 bits per heavy atom. The van der Waals surface area contributed by atoms with Crippen LogP contribution in [0.2, 0.25) is 0 Å². The number of nitrogens with zero attached hydrogens (tertiary/aromatic N) is 1. The minimum Gasteiger partial charge on any atom is -0.338 e. The number of primary sulfonamides is 1. The monoisotopic (exact) mass is 288 g/mol. The second-order valence-corrected chi connectivity index (χ2v) is 7.21. The van der Waals surface area contributed by atoms with E-state index in [1.165, 1.54) is 6.07 Å². The molecule has 1 atom stereocenters. The Morgan fingerprint density at radius 3 is 2.83 bits per heavy atom. The number of carbonyl (C=O) groups is 1. The van der Waals surface area contributed by atoms with E-state index in [9.17, 15) is 13.2 Å². The smallest absolute Gasteiger partial charge is 0.254 e. The van der Waals surface area contributed by atoms with Crippen LogP contribution >= 0.6 is 11.3 Å². The van der Waals surface area contributed by atoms with Gasteiger partial charge in [-0.1, -0.05) is 13.3 Å². The minimum atomic E-state index is -3.71. The highest BCUT2D eigenvalue weighted by molar-refractivity contribution is 7.91. The molecule has 1 aromatic heterocycles. The molecule has 1 aliphatic rings. The Hall–Kier alpha value is -0.920. The van der Waals surface area contributed by atoms with E-state index in [1.807, 2.05) is 0 Å². The Kier molecular flexibility index (Phi) is 3.74. The third-order valence-electron chi connectivity index (χ3n) is 3.25. The van der Waals surface area contributed by atoms with Crippen LogP contribution in [0.1, 0.15) is 30.1 Å². The number of nitrogens with two attached hydrogens (primary N) is 1. The van der Waals surface area contributed by atoms with Crippen LogP contribution < -0.4 is 5.14 Å². The normalized spacial score (nSPS) is 20.3. The van der Waals surface area contributed by atoms with Gasteiger partial charge in [-0.3, -0.25) is 4.79 Å². The number of sulfonamides is 1. The van der Waals surface area contributed by atoms with Gasteiger partial charge in [0.15, 0.2) is 0 Å². The molecular weight excluding hydrogens is 272 g/mol. The van der Waals surface area contributed by atoms with Crippen LogP contribution in [0, 0.1) is 5.92 Å². The molecule has 1 aliphatic heterocycles. The fourth-order valence-electron chi connectivity index (χ4n) is 2.11. The first-order valence-electron chi connectivity index (χ1n) is 5.82. The Bertz CT molecular complexity index is 550. The van der Waals surface area contributed by atoms with E-state index in [-0.39, 0.29) is 10.1 Å². The quantitative estimate of drug-likeness (QED) is 0.909. The second kappa shape index (κ2) is 4.99.